The fourth-order valence-electron chi connectivity index (χ4n) is 0.129. The van der Waals surface area contributed by atoms with E-state index in [9.17, 15) is 0 Å². The smallest absolute Gasteiger partial charge is 0.161 e. The number of tetrazole rings is 1. The Kier molecular flexibility index (Phi) is 4.34. The van der Waals surface area contributed by atoms with Crippen molar-refractivity contribution in [3.05, 3.63) is 6.33 Å². The summed E-state index contributed by atoms with van der Waals surface area (Å²) in [6.07, 6.45) is 1.33. The predicted molar refractivity (Wildman–Crippen MR) is 19.9 cm³/mol. The van der Waals surface area contributed by atoms with Crippen LogP contribution in [0.2, 0.25) is 0 Å². The van der Waals surface area contributed by atoms with Gasteiger partial charge in [0.25, 0.3) is 0 Å². The van der Waals surface area contributed by atoms with E-state index in [0.717, 1.165) is 0 Å². The molecule has 0 atom stereocenters. The summed E-state index contributed by atoms with van der Waals surface area (Å²) in [5.41, 5.74) is 0. The molecule has 0 saturated carbocycles. The van der Waals surface area contributed by atoms with Crippen LogP contribution in [0.1, 0.15) is 0 Å². The van der Waals surface area contributed by atoms with Gasteiger partial charge in [-0.1, -0.05) is 5.21 Å². The van der Waals surface area contributed by atoms with Crippen molar-refractivity contribution in [1.82, 2.24) is 20.6 Å². The third kappa shape index (κ3) is 1.99. The summed E-state index contributed by atoms with van der Waals surface area (Å²) in [5, 5.41) is 12.2. The van der Waals surface area contributed by atoms with Crippen LogP contribution in [0.15, 0.2) is 6.33 Å². The Morgan fingerprint density at radius 2 is 2.33 bits per heavy atom. The molecule has 1 radical (unpaired) electrons. The third-order valence-corrected chi connectivity index (χ3v) is 0.270. The number of rotatable bonds is 0. The Morgan fingerprint density at radius 1 is 1.50 bits per heavy atom. The molecule has 0 spiro atoms. The number of hydrogen-bond acceptors (Lipinski definition) is 3. The molecule has 0 aliphatic rings. The maximum Gasteiger partial charge on any atom is 0.161 e. The molecule has 0 aliphatic heterocycles. The fourth-order valence-corrected chi connectivity index (χ4v) is 0.129. The number of aromatic nitrogens is 4. The van der Waals surface area contributed by atoms with Crippen LogP contribution >= 0.6 is 0 Å². The van der Waals surface area contributed by atoms with Crippen molar-refractivity contribution >= 4 is 51.4 Å². The van der Waals surface area contributed by atoms with Crippen LogP contribution in [-0.2, 0) is 0 Å². The van der Waals surface area contributed by atoms with Crippen molar-refractivity contribution in [3.63, 3.8) is 0 Å². The summed E-state index contributed by atoms with van der Waals surface area (Å²) >= 11 is 0. The second-order valence-corrected chi connectivity index (χ2v) is 0.560. The molecule has 0 amide bonds. The zero-order valence-corrected chi connectivity index (χ0v) is 6.54. The largest absolute Gasteiger partial charge is 0.177 e. The molecular weight excluding hydrogens is 107 g/mol. The Morgan fingerprint density at radius 3 is 2.50 bits per heavy atom. The Labute approximate surface area is 77.1 Å². The van der Waals surface area contributed by atoms with Gasteiger partial charge in [0.1, 0.15) is 0 Å². The number of aromatic amines is 1. The number of H-pyrrole nitrogens is 1. The molecule has 0 aliphatic carbocycles. The first-order valence-corrected chi connectivity index (χ1v) is 1.16. The van der Waals surface area contributed by atoms with E-state index >= 15 is 0 Å². The van der Waals surface area contributed by atoms with Gasteiger partial charge in [-0.3, -0.25) is 0 Å². The van der Waals surface area contributed by atoms with Crippen molar-refractivity contribution in [3.8, 4) is 0 Å². The van der Waals surface area contributed by atoms with Crippen molar-refractivity contribution < 1.29 is 0 Å². The molecule has 4 nitrogen and oxygen atoms in total. The normalized spacial score (nSPS) is 6.67. The van der Waals surface area contributed by atoms with Crippen LogP contribution in [0.4, 0.5) is 0 Å². The van der Waals surface area contributed by atoms with Crippen molar-refractivity contribution in [2.24, 2.45) is 0 Å². The summed E-state index contributed by atoms with van der Waals surface area (Å²) in [6.45, 7) is 0. The van der Waals surface area contributed by atoms with E-state index in [-0.39, 0.29) is 51.4 Å². The van der Waals surface area contributed by atoms with Crippen molar-refractivity contribution in [2.75, 3.05) is 0 Å². The molecule has 5 heteroatoms. The predicted octanol–water partition coefficient (Wildman–Crippen LogP) is -1.18. The minimum Gasteiger partial charge on any atom is -0.177 e. The summed E-state index contributed by atoms with van der Waals surface area (Å²) in [4.78, 5) is 0. The number of nitrogens with one attached hydrogen (secondary N) is 1. The zero-order chi connectivity index (χ0) is 3.54. The van der Waals surface area contributed by atoms with Gasteiger partial charge in [-0.15, -0.1) is 10.2 Å². The average Bonchev–Trinajstić information content (AvgIpc) is 1.76. The molecule has 1 N–H and O–H groups in total. The maximum absolute atomic E-state index is 3.38. The minimum absolute atomic E-state index is 0. The summed E-state index contributed by atoms with van der Waals surface area (Å²) in [6, 6.07) is 0. The van der Waals surface area contributed by atoms with E-state index in [2.05, 4.69) is 20.6 Å². The average molecular weight is 109 g/mol. The first-order chi connectivity index (χ1) is 2.50. The standard InChI is InChI=1S/CH2N4.K/c1-2-4-5-3-1;/h1H,(H,2,3,4,5);. The Hall–Kier alpha value is 0.706. The Bertz CT molecular complexity index is 64.0. The topological polar surface area (TPSA) is 54.5 Å². The van der Waals surface area contributed by atoms with Gasteiger partial charge in [-0.25, -0.2) is 0 Å². The number of nitrogens with zero attached hydrogens (tertiary/aromatic N) is 3. The maximum atomic E-state index is 3.38. The molecule has 1 aromatic rings. The molecule has 27 valence electrons. The summed E-state index contributed by atoms with van der Waals surface area (Å²) in [5.74, 6) is 0. The second-order valence-electron chi connectivity index (χ2n) is 0.560. The van der Waals surface area contributed by atoms with E-state index < -0.39 is 0 Å². The molecule has 0 bridgehead atoms. The van der Waals surface area contributed by atoms with Gasteiger partial charge in [0, 0.05) is 51.4 Å². The first kappa shape index (κ1) is 6.71. The van der Waals surface area contributed by atoms with Crippen LogP contribution < -0.4 is 0 Å². The van der Waals surface area contributed by atoms with Crippen molar-refractivity contribution in [1.29, 1.82) is 0 Å². The third-order valence-electron chi connectivity index (χ3n) is 0.270. The van der Waals surface area contributed by atoms with E-state index in [1.165, 1.54) is 6.33 Å². The van der Waals surface area contributed by atoms with E-state index in [4.69, 9.17) is 0 Å². The molecular formula is CH2KN4. The van der Waals surface area contributed by atoms with E-state index in [1.54, 1.807) is 0 Å². The molecule has 0 saturated heterocycles. The van der Waals surface area contributed by atoms with Crippen LogP contribution in [-0.4, -0.2) is 72.0 Å². The van der Waals surface area contributed by atoms with Crippen LogP contribution in [0.25, 0.3) is 0 Å². The SMILES string of the molecule is [K].c1nn[nH]n1. The van der Waals surface area contributed by atoms with Crippen LogP contribution in [0.5, 0.6) is 0 Å². The molecule has 0 aromatic carbocycles. The Balaban J connectivity index is 0.000000250. The second kappa shape index (κ2) is 3.88. The van der Waals surface area contributed by atoms with Gasteiger partial charge in [-0.2, -0.15) is 5.21 Å². The van der Waals surface area contributed by atoms with E-state index in [0.29, 0.717) is 0 Å². The van der Waals surface area contributed by atoms with Crippen LogP contribution in [0, 0.1) is 0 Å². The van der Waals surface area contributed by atoms with E-state index in [1.807, 2.05) is 0 Å². The fraction of sp³-hybridized carbons (Fsp3) is 0. The summed E-state index contributed by atoms with van der Waals surface area (Å²) < 4.78 is 0. The quantitative estimate of drug-likeness (QED) is 0.427. The minimum atomic E-state index is 0. The molecule has 1 aromatic heterocycles. The van der Waals surface area contributed by atoms with Crippen molar-refractivity contribution in [2.45, 2.75) is 0 Å². The molecule has 1 rings (SSSR count). The van der Waals surface area contributed by atoms with Gasteiger partial charge in [0.15, 0.2) is 6.33 Å². The van der Waals surface area contributed by atoms with Gasteiger partial charge < -0.3 is 0 Å². The van der Waals surface area contributed by atoms with Gasteiger partial charge in [0.05, 0.1) is 0 Å². The molecule has 0 unspecified atom stereocenters. The van der Waals surface area contributed by atoms with Crippen LogP contribution in [0.3, 0.4) is 0 Å². The monoisotopic (exact) mass is 109 g/mol. The first-order valence-electron chi connectivity index (χ1n) is 1.16. The zero-order valence-electron chi connectivity index (χ0n) is 3.42. The molecule has 0 fully saturated rings. The molecule has 6 heavy (non-hydrogen) atoms. The number of hydrogen-bond donors (Lipinski definition) is 1. The van der Waals surface area contributed by atoms with Gasteiger partial charge >= 0.3 is 0 Å². The van der Waals surface area contributed by atoms with Gasteiger partial charge in [0.2, 0.25) is 0 Å². The summed E-state index contributed by atoms with van der Waals surface area (Å²) in [7, 11) is 0. The van der Waals surface area contributed by atoms with Gasteiger partial charge in [-0.05, 0) is 0 Å². The molecule has 1 heterocycles.